The van der Waals surface area contributed by atoms with Crippen LogP contribution in [0.4, 0.5) is 0 Å². The summed E-state index contributed by atoms with van der Waals surface area (Å²) in [5.41, 5.74) is -0.142. The lowest BCUT2D eigenvalue weighted by Gasteiger charge is -2.53. The molecule has 27 heavy (non-hydrogen) atoms. The largest absolute Gasteiger partial charge is 0.466 e. The first-order valence-corrected chi connectivity index (χ1v) is 11.3. The summed E-state index contributed by atoms with van der Waals surface area (Å²) in [7, 11) is 0. The highest BCUT2D eigenvalue weighted by molar-refractivity contribution is 5.69. The van der Waals surface area contributed by atoms with Crippen LogP contribution in [0.2, 0.25) is 0 Å². The molecule has 1 saturated heterocycles. The van der Waals surface area contributed by atoms with Gasteiger partial charge in [-0.25, -0.2) is 0 Å². The smallest absolute Gasteiger partial charge is 0.306 e. The number of unbranched alkanes of at least 4 members (excludes halogenated alkanes) is 6. The molecule has 0 radical (unpaired) electrons. The summed E-state index contributed by atoms with van der Waals surface area (Å²) in [4.78, 5) is 18.4. The maximum atomic E-state index is 12.1. The van der Waals surface area contributed by atoms with E-state index in [2.05, 4.69) is 46.6 Å². The van der Waals surface area contributed by atoms with Gasteiger partial charge in [0.25, 0.3) is 0 Å². The number of nitrogens with zero attached hydrogens (tertiary/aromatic N) is 1. The van der Waals surface area contributed by atoms with E-state index in [1.54, 1.807) is 0 Å². The molecular weight excluding hydrogens is 338 g/mol. The third kappa shape index (κ3) is 8.95. The van der Waals surface area contributed by atoms with Gasteiger partial charge in [0, 0.05) is 17.5 Å². The van der Waals surface area contributed by atoms with E-state index in [1.807, 2.05) is 0 Å². The Morgan fingerprint density at radius 3 is 2.00 bits per heavy atom. The van der Waals surface area contributed by atoms with Crippen molar-refractivity contribution in [3.8, 4) is 0 Å². The number of hydroxylamine groups is 2. The molecule has 0 N–H and O–H groups in total. The van der Waals surface area contributed by atoms with Gasteiger partial charge >= 0.3 is 5.97 Å². The average Bonchev–Trinajstić information content (AvgIpc) is 2.55. The van der Waals surface area contributed by atoms with Crippen LogP contribution in [0, 0.1) is 5.92 Å². The minimum Gasteiger partial charge on any atom is -0.466 e. The fourth-order valence-corrected chi connectivity index (χ4v) is 4.63. The maximum Gasteiger partial charge on any atom is 0.306 e. The fourth-order valence-electron chi connectivity index (χ4n) is 4.63. The average molecular weight is 384 g/mol. The number of esters is 1. The number of hydrogen-bond acceptors (Lipinski definition) is 4. The van der Waals surface area contributed by atoms with Gasteiger partial charge in [-0.05, 0) is 59.3 Å². The second-order valence-electron chi connectivity index (χ2n) is 9.57. The van der Waals surface area contributed by atoms with E-state index in [0.717, 1.165) is 38.7 Å². The van der Waals surface area contributed by atoms with Crippen LogP contribution >= 0.6 is 0 Å². The van der Waals surface area contributed by atoms with E-state index in [9.17, 15) is 4.79 Å². The molecule has 1 aliphatic heterocycles. The molecule has 0 amide bonds. The Morgan fingerprint density at radius 2 is 1.41 bits per heavy atom. The highest BCUT2D eigenvalue weighted by Gasteiger charge is 2.46. The first-order valence-electron chi connectivity index (χ1n) is 11.3. The SMILES string of the molecule is CCCCCCCCON1C(C)(C)CC(CC(=O)OCCCC)CC1(C)C. The van der Waals surface area contributed by atoms with Gasteiger partial charge in [0.2, 0.25) is 0 Å². The van der Waals surface area contributed by atoms with Gasteiger partial charge in [-0.1, -0.05) is 52.4 Å². The van der Waals surface area contributed by atoms with Crippen molar-refractivity contribution in [2.45, 2.75) is 123 Å². The van der Waals surface area contributed by atoms with Crippen molar-refractivity contribution in [2.24, 2.45) is 5.92 Å². The lowest BCUT2D eigenvalue weighted by molar-refractivity contribution is -0.288. The van der Waals surface area contributed by atoms with E-state index in [1.165, 1.54) is 32.1 Å². The molecule has 0 unspecified atom stereocenters. The van der Waals surface area contributed by atoms with Crippen molar-refractivity contribution in [3.63, 3.8) is 0 Å². The van der Waals surface area contributed by atoms with Crippen molar-refractivity contribution in [3.05, 3.63) is 0 Å². The zero-order valence-electron chi connectivity index (χ0n) is 18.9. The number of carbonyl (C=O) groups excluding carboxylic acids is 1. The monoisotopic (exact) mass is 383 g/mol. The second-order valence-corrected chi connectivity index (χ2v) is 9.57. The van der Waals surface area contributed by atoms with Crippen molar-refractivity contribution in [1.82, 2.24) is 5.06 Å². The van der Waals surface area contributed by atoms with Crippen LogP contribution in [0.3, 0.4) is 0 Å². The zero-order valence-corrected chi connectivity index (χ0v) is 18.9. The topological polar surface area (TPSA) is 38.8 Å². The van der Waals surface area contributed by atoms with Gasteiger partial charge in [-0.15, -0.1) is 0 Å². The molecule has 160 valence electrons. The quantitative estimate of drug-likeness (QED) is 0.277. The highest BCUT2D eigenvalue weighted by Crippen LogP contribution is 2.42. The van der Waals surface area contributed by atoms with Crippen LogP contribution in [0.5, 0.6) is 0 Å². The van der Waals surface area contributed by atoms with E-state index in [0.29, 0.717) is 18.9 Å². The van der Waals surface area contributed by atoms with E-state index < -0.39 is 0 Å². The van der Waals surface area contributed by atoms with Gasteiger partial charge in [-0.3, -0.25) is 9.63 Å². The lowest BCUT2D eigenvalue weighted by atomic mass is 9.74. The molecule has 1 aliphatic rings. The zero-order chi connectivity index (χ0) is 20.3. The van der Waals surface area contributed by atoms with Gasteiger partial charge in [0.1, 0.15) is 0 Å². The van der Waals surface area contributed by atoms with Crippen molar-refractivity contribution < 1.29 is 14.4 Å². The van der Waals surface area contributed by atoms with Crippen LogP contribution in [-0.4, -0.2) is 35.3 Å². The summed E-state index contributed by atoms with van der Waals surface area (Å²) in [6, 6.07) is 0. The molecule has 4 nitrogen and oxygen atoms in total. The molecule has 0 saturated carbocycles. The molecule has 1 heterocycles. The fraction of sp³-hybridized carbons (Fsp3) is 0.957. The van der Waals surface area contributed by atoms with E-state index >= 15 is 0 Å². The Balaban J connectivity index is 2.45. The predicted octanol–water partition coefficient (Wildman–Crippen LogP) is 6.28. The molecule has 4 heteroatoms. The maximum absolute atomic E-state index is 12.1. The third-order valence-electron chi connectivity index (χ3n) is 5.61. The van der Waals surface area contributed by atoms with Crippen molar-refractivity contribution in [2.75, 3.05) is 13.2 Å². The number of carbonyl (C=O) groups is 1. The molecule has 0 atom stereocenters. The molecule has 1 rings (SSSR count). The van der Waals surface area contributed by atoms with Crippen LogP contribution in [-0.2, 0) is 14.4 Å². The lowest BCUT2D eigenvalue weighted by Crippen LogP contribution is -2.60. The number of hydrogen-bond donors (Lipinski definition) is 0. The minimum absolute atomic E-state index is 0.0403. The summed E-state index contributed by atoms with van der Waals surface area (Å²) in [5, 5.41) is 2.21. The predicted molar refractivity (Wildman–Crippen MR) is 113 cm³/mol. The summed E-state index contributed by atoms with van der Waals surface area (Å²) in [6.07, 6.45) is 12.1. The van der Waals surface area contributed by atoms with Gasteiger partial charge in [0.15, 0.2) is 0 Å². The molecule has 0 aromatic heterocycles. The van der Waals surface area contributed by atoms with Gasteiger partial charge in [-0.2, -0.15) is 5.06 Å². The van der Waals surface area contributed by atoms with E-state index in [4.69, 9.17) is 9.57 Å². The van der Waals surface area contributed by atoms with Crippen LogP contribution in [0.25, 0.3) is 0 Å². The number of piperidine rings is 1. The third-order valence-corrected chi connectivity index (χ3v) is 5.61. The molecule has 0 bridgehead atoms. The highest BCUT2D eigenvalue weighted by atomic mass is 16.7. The molecule has 0 aromatic carbocycles. The second kappa shape index (κ2) is 12.1. The Morgan fingerprint density at radius 1 is 0.852 bits per heavy atom. The number of ether oxygens (including phenoxy) is 1. The first-order chi connectivity index (χ1) is 12.7. The van der Waals surface area contributed by atoms with Gasteiger partial charge in [0.05, 0.1) is 13.2 Å². The van der Waals surface area contributed by atoms with Crippen molar-refractivity contribution in [1.29, 1.82) is 0 Å². The van der Waals surface area contributed by atoms with Gasteiger partial charge < -0.3 is 4.74 Å². The van der Waals surface area contributed by atoms with Crippen LogP contribution in [0.1, 0.15) is 112 Å². The van der Waals surface area contributed by atoms with Crippen LogP contribution in [0.15, 0.2) is 0 Å². The summed E-state index contributed by atoms with van der Waals surface area (Å²) in [5.74, 6) is 0.319. The Kier molecular flexibility index (Phi) is 10.9. The minimum atomic E-state index is -0.0711. The first kappa shape index (κ1) is 24.4. The normalized spacial score (nSPS) is 19.9. The summed E-state index contributed by atoms with van der Waals surface area (Å²) >= 11 is 0. The van der Waals surface area contributed by atoms with Crippen molar-refractivity contribution >= 4 is 5.97 Å². The molecule has 0 aromatic rings. The Labute approximate surface area is 168 Å². The Hall–Kier alpha value is -0.610. The molecule has 0 spiro atoms. The summed E-state index contributed by atoms with van der Waals surface area (Å²) in [6.45, 7) is 14.7. The summed E-state index contributed by atoms with van der Waals surface area (Å²) < 4.78 is 5.38. The Bertz CT molecular complexity index is 402. The standard InChI is InChI=1S/C23H45NO3/c1-7-9-11-12-13-14-16-27-24-22(3,4)18-20(19-23(24,5)6)17-21(25)26-15-10-8-2/h20H,7-19H2,1-6H3. The van der Waals surface area contributed by atoms with E-state index in [-0.39, 0.29) is 17.0 Å². The number of rotatable bonds is 13. The van der Waals surface area contributed by atoms with Crippen LogP contribution < -0.4 is 0 Å². The molecular formula is C23H45NO3. The molecule has 0 aliphatic carbocycles. The molecule has 1 fully saturated rings.